The van der Waals surface area contributed by atoms with Crippen LogP contribution in [-0.2, 0) is 9.53 Å². The zero-order chi connectivity index (χ0) is 9.19. The van der Waals surface area contributed by atoms with Crippen molar-refractivity contribution in [1.82, 2.24) is 4.90 Å². The van der Waals surface area contributed by atoms with Crippen molar-refractivity contribution < 1.29 is 9.53 Å². The molecule has 0 aromatic carbocycles. The molecule has 4 heteroatoms. The van der Waals surface area contributed by atoms with E-state index >= 15 is 0 Å². The van der Waals surface area contributed by atoms with Gasteiger partial charge in [-0.05, 0) is 13.3 Å². The lowest BCUT2D eigenvalue weighted by Crippen LogP contribution is -2.54. The number of ether oxygens (including phenoxy) is 1. The number of carbonyl (C=O) groups is 1. The summed E-state index contributed by atoms with van der Waals surface area (Å²) >= 11 is 0. The van der Waals surface area contributed by atoms with Crippen LogP contribution in [0.4, 0.5) is 0 Å². The molecule has 0 aromatic rings. The maximum absolute atomic E-state index is 11.6. The minimum absolute atomic E-state index is 0.0116. The van der Waals surface area contributed by atoms with Gasteiger partial charge in [-0.2, -0.15) is 0 Å². The molecule has 1 rings (SSSR count). The maximum atomic E-state index is 11.6. The monoisotopic (exact) mass is 172 g/mol. The van der Waals surface area contributed by atoms with Crippen LogP contribution in [0, 0.1) is 0 Å². The summed E-state index contributed by atoms with van der Waals surface area (Å²) in [4.78, 5) is 13.3. The van der Waals surface area contributed by atoms with E-state index in [0.29, 0.717) is 26.2 Å². The third-order valence-corrected chi connectivity index (χ3v) is 2.30. The zero-order valence-electron chi connectivity index (χ0n) is 7.67. The first kappa shape index (κ1) is 9.48. The van der Waals surface area contributed by atoms with E-state index in [9.17, 15) is 4.79 Å². The molecule has 1 fully saturated rings. The summed E-state index contributed by atoms with van der Waals surface area (Å²) in [6, 6.07) is 0. The van der Waals surface area contributed by atoms with Crippen molar-refractivity contribution in [3.8, 4) is 0 Å². The van der Waals surface area contributed by atoms with Crippen molar-refractivity contribution in [2.45, 2.75) is 18.9 Å². The molecule has 4 nitrogen and oxygen atoms in total. The third-order valence-electron chi connectivity index (χ3n) is 2.30. The Kier molecular flexibility index (Phi) is 2.69. The molecule has 1 heterocycles. The molecule has 1 amide bonds. The second kappa shape index (κ2) is 3.41. The van der Waals surface area contributed by atoms with E-state index in [1.165, 1.54) is 0 Å². The summed E-state index contributed by atoms with van der Waals surface area (Å²) in [6.45, 7) is 3.57. The van der Waals surface area contributed by atoms with Crippen LogP contribution in [0.5, 0.6) is 0 Å². The van der Waals surface area contributed by atoms with Crippen LogP contribution < -0.4 is 5.73 Å². The van der Waals surface area contributed by atoms with Crippen molar-refractivity contribution >= 4 is 5.91 Å². The molecule has 0 aromatic heterocycles. The number of carbonyl (C=O) groups excluding carboxylic acids is 1. The van der Waals surface area contributed by atoms with E-state index in [1.807, 2.05) is 6.92 Å². The Morgan fingerprint density at radius 2 is 2.42 bits per heavy atom. The normalized spacial score (nSPS) is 28.9. The van der Waals surface area contributed by atoms with Gasteiger partial charge in [-0.3, -0.25) is 4.79 Å². The van der Waals surface area contributed by atoms with Crippen molar-refractivity contribution in [3.63, 3.8) is 0 Å². The van der Waals surface area contributed by atoms with Crippen molar-refractivity contribution in [3.05, 3.63) is 0 Å². The lowest BCUT2D eigenvalue weighted by atomic mass is 9.99. The van der Waals surface area contributed by atoms with Crippen molar-refractivity contribution in [2.75, 3.05) is 26.8 Å². The van der Waals surface area contributed by atoms with Gasteiger partial charge in [0, 0.05) is 20.2 Å². The summed E-state index contributed by atoms with van der Waals surface area (Å²) in [5, 5.41) is 0. The summed E-state index contributed by atoms with van der Waals surface area (Å²) in [6.07, 6.45) is 0.635. The highest BCUT2D eigenvalue weighted by molar-refractivity contribution is 5.86. The fourth-order valence-electron chi connectivity index (χ4n) is 1.27. The third kappa shape index (κ3) is 1.59. The maximum Gasteiger partial charge on any atom is 0.244 e. The Bertz CT molecular complexity index is 176. The molecule has 70 valence electrons. The minimum atomic E-state index is -0.759. The molecule has 12 heavy (non-hydrogen) atoms. The quantitative estimate of drug-likeness (QED) is 0.615. The second-order valence-corrected chi connectivity index (χ2v) is 3.28. The van der Waals surface area contributed by atoms with Gasteiger partial charge < -0.3 is 15.4 Å². The van der Waals surface area contributed by atoms with E-state index in [2.05, 4.69) is 0 Å². The number of amides is 1. The Labute approximate surface area is 72.7 Å². The molecule has 1 saturated heterocycles. The summed E-state index contributed by atoms with van der Waals surface area (Å²) < 4.78 is 5.10. The Hall–Kier alpha value is -0.610. The van der Waals surface area contributed by atoms with Crippen molar-refractivity contribution in [1.29, 1.82) is 0 Å². The fraction of sp³-hybridized carbons (Fsp3) is 0.875. The van der Waals surface area contributed by atoms with Gasteiger partial charge in [0.25, 0.3) is 0 Å². The molecule has 2 N–H and O–H groups in total. The number of rotatable bonds is 2. The minimum Gasteiger partial charge on any atom is -0.379 e. The van der Waals surface area contributed by atoms with E-state index < -0.39 is 5.54 Å². The Balaban J connectivity index is 2.61. The van der Waals surface area contributed by atoms with E-state index in [0.717, 1.165) is 0 Å². The van der Waals surface area contributed by atoms with Gasteiger partial charge in [-0.25, -0.2) is 0 Å². The number of hydrogen-bond acceptors (Lipinski definition) is 3. The molecule has 1 aliphatic rings. The Morgan fingerprint density at radius 3 is 2.83 bits per heavy atom. The Morgan fingerprint density at radius 1 is 1.75 bits per heavy atom. The fourth-order valence-corrected chi connectivity index (χ4v) is 1.27. The van der Waals surface area contributed by atoms with Crippen LogP contribution in [-0.4, -0.2) is 43.2 Å². The van der Waals surface area contributed by atoms with Crippen LogP contribution in [0.3, 0.4) is 0 Å². The predicted octanol–water partition coefficient (Wildman–Crippen LogP) is -0.417. The number of hydrogen-bond donors (Lipinski definition) is 1. The summed E-state index contributed by atoms with van der Waals surface area (Å²) in [7, 11) is 1.76. The summed E-state index contributed by atoms with van der Waals surface area (Å²) in [5.41, 5.74) is 5.10. The molecule has 1 unspecified atom stereocenters. The van der Waals surface area contributed by atoms with E-state index in [1.54, 1.807) is 11.9 Å². The van der Waals surface area contributed by atoms with Crippen LogP contribution in [0.15, 0.2) is 0 Å². The summed E-state index contributed by atoms with van der Waals surface area (Å²) in [5.74, 6) is -0.0116. The lowest BCUT2D eigenvalue weighted by molar-refractivity contribution is -0.135. The lowest BCUT2D eigenvalue weighted by Gasteiger charge is -2.26. The van der Waals surface area contributed by atoms with Gasteiger partial charge in [0.1, 0.15) is 5.54 Å². The van der Waals surface area contributed by atoms with Gasteiger partial charge in [0.15, 0.2) is 0 Å². The SMILES string of the molecule is CCN(C)C(=O)C1(N)CCOC1. The van der Waals surface area contributed by atoms with Gasteiger partial charge in [-0.1, -0.05) is 0 Å². The average Bonchev–Trinajstić information content (AvgIpc) is 2.50. The van der Waals surface area contributed by atoms with Gasteiger partial charge in [-0.15, -0.1) is 0 Å². The number of likely N-dealkylation sites (N-methyl/N-ethyl adjacent to an activating group) is 1. The van der Waals surface area contributed by atoms with Gasteiger partial charge in [0.05, 0.1) is 6.61 Å². The number of nitrogens with two attached hydrogens (primary N) is 1. The first-order valence-electron chi connectivity index (χ1n) is 4.22. The first-order chi connectivity index (χ1) is 5.60. The van der Waals surface area contributed by atoms with E-state index in [-0.39, 0.29) is 5.91 Å². The van der Waals surface area contributed by atoms with Crippen molar-refractivity contribution in [2.24, 2.45) is 5.73 Å². The highest BCUT2D eigenvalue weighted by Crippen LogP contribution is 2.17. The predicted molar refractivity (Wildman–Crippen MR) is 45.7 cm³/mol. The molecule has 0 spiro atoms. The molecule has 1 aliphatic heterocycles. The molecule has 1 atom stereocenters. The molecular formula is C8H16N2O2. The number of nitrogens with zero attached hydrogens (tertiary/aromatic N) is 1. The van der Waals surface area contributed by atoms with Gasteiger partial charge >= 0.3 is 0 Å². The smallest absolute Gasteiger partial charge is 0.244 e. The second-order valence-electron chi connectivity index (χ2n) is 3.28. The molecule has 0 saturated carbocycles. The molecule has 0 aliphatic carbocycles. The first-order valence-corrected chi connectivity index (χ1v) is 4.22. The average molecular weight is 172 g/mol. The van der Waals surface area contributed by atoms with Crippen LogP contribution >= 0.6 is 0 Å². The van der Waals surface area contributed by atoms with E-state index in [4.69, 9.17) is 10.5 Å². The molecular weight excluding hydrogens is 156 g/mol. The van der Waals surface area contributed by atoms with Crippen LogP contribution in [0.25, 0.3) is 0 Å². The van der Waals surface area contributed by atoms with Crippen LogP contribution in [0.2, 0.25) is 0 Å². The highest BCUT2D eigenvalue weighted by atomic mass is 16.5. The highest BCUT2D eigenvalue weighted by Gasteiger charge is 2.39. The van der Waals surface area contributed by atoms with Crippen LogP contribution in [0.1, 0.15) is 13.3 Å². The molecule has 0 radical (unpaired) electrons. The van der Waals surface area contributed by atoms with Gasteiger partial charge in [0.2, 0.25) is 5.91 Å². The standard InChI is InChI=1S/C8H16N2O2/c1-3-10(2)7(11)8(9)4-5-12-6-8/h3-6,9H2,1-2H3. The largest absolute Gasteiger partial charge is 0.379 e. The molecule has 0 bridgehead atoms. The zero-order valence-corrected chi connectivity index (χ0v) is 7.67. The topological polar surface area (TPSA) is 55.6 Å².